The summed E-state index contributed by atoms with van der Waals surface area (Å²) < 4.78 is 0. The molecular formula is C19H34N2O2. The molecule has 0 unspecified atom stereocenters. The van der Waals surface area contributed by atoms with Crippen molar-refractivity contribution in [2.24, 2.45) is 17.3 Å². The number of carbonyl (C=O) groups excluding carboxylic acids is 2. The molecule has 2 amide bonds. The minimum Gasteiger partial charge on any atom is -0.341 e. The van der Waals surface area contributed by atoms with Gasteiger partial charge in [-0.25, -0.2) is 0 Å². The second-order valence-corrected chi connectivity index (χ2v) is 8.70. The lowest BCUT2D eigenvalue weighted by Gasteiger charge is -2.34. The lowest BCUT2D eigenvalue weighted by molar-refractivity contribution is -0.145. The Hall–Kier alpha value is -1.06. The van der Waals surface area contributed by atoms with E-state index in [1.807, 2.05) is 9.80 Å². The summed E-state index contributed by atoms with van der Waals surface area (Å²) >= 11 is 0. The van der Waals surface area contributed by atoms with E-state index in [4.69, 9.17) is 0 Å². The number of hydrogen-bond acceptors (Lipinski definition) is 2. The van der Waals surface area contributed by atoms with Gasteiger partial charge in [-0.1, -0.05) is 34.6 Å². The smallest absolute Gasteiger partial charge is 0.245 e. The maximum atomic E-state index is 13.1. The monoisotopic (exact) mass is 322 g/mol. The summed E-state index contributed by atoms with van der Waals surface area (Å²) in [7, 11) is 0. The molecule has 0 spiro atoms. The van der Waals surface area contributed by atoms with E-state index in [0.717, 1.165) is 38.9 Å². The van der Waals surface area contributed by atoms with Gasteiger partial charge in [-0.15, -0.1) is 0 Å². The SMILES string of the molecule is CC(C)[C@H](C(=O)N1CCC[C@H](C(C)(C)C)CC1)N1CCCC1=O. The number of likely N-dealkylation sites (tertiary alicyclic amines) is 2. The zero-order chi connectivity index (χ0) is 17.2. The molecule has 23 heavy (non-hydrogen) atoms. The van der Waals surface area contributed by atoms with Crippen LogP contribution in [0.2, 0.25) is 0 Å². The van der Waals surface area contributed by atoms with E-state index in [0.29, 0.717) is 17.8 Å². The molecule has 4 nitrogen and oxygen atoms in total. The Balaban J connectivity index is 2.07. The van der Waals surface area contributed by atoms with Crippen LogP contribution in [-0.4, -0.2) is 47.3 Å². The third kappa shape index (κ3) is 4.27. The van der Waals surface area contributed by atoms with Gasteiger partial charge >= 0.3 is 0 Å². The molecular weight excluding hydrogens is 288 g/mol. The molecule has 0 aromatic heterocycles. The molecule has 0 aromatic carbocycles. The molecule has 0 radical (unpaired) electrons. The predicted molar refractivity (Wildman–Crippen MR) is 92.9 cm³/mol. The summed E-state index contributed by atoms with van der Waals surface area (Å²) in [5, 5.41) is 0. The van der Waals surface area contributed by atoms with Crippen molar-refractivity contribution in [3.05, 3.63) is 0 Å². The molecule has 2 heterocycles. The standard InChI is InChI=1S/C19H34N2O2/c1-14(2)17(21-12-7-9-16(21)22)18(23)20-11-6-8-15(10-13-20)19(3,4)5/h14-15,17H,6-13H2,1-5H3/t15-,17+/m0/s1. The van der Waals surface area contributed by atoms with E-state index in [9.17, 15) is 9.59 Å². The fourth-order valence-electron chi connectivity index (χ4n) is 4.11. The van der Waals surface area contributed by atoms with Crippen LogP contribution in [-0.2, 0) is 9.59 Å². The molecule has 0 saturated carbocycles. The molecule has 0 N–H and O–H groups in total. The average molecular weight is 322 g/mol. The maximum absolute atomic E-state index is 13.1. The topological polar surface area (TPSA) is 40.6 Å². The van der Waals surface area contributed by atoms with Gasteiger partial charge in [0, 0.05) is 26.1 Å². The van der Waals surface area contributed by atoms with Crippen molar-refractivity contribution in [2.45, 2.75) is 72.8 Å². The average Bonchev–Trinajstić information content (AvgIpc) is 2.73. The van der Waals surface area contributed by atoms with Gasteiger partial charge in [0.1, 0.15) is 6.04 Å². The molecule has 2 aliphatic heterocycles. The van der Waals surface area contributed by atoms with Gasteiger partial charge < -0.3 is 9.80 Å². The van der Waals surface area contributed by atoms with Crippen LogP contribution in [0, 0.1) is 17.3 Å². The van der Waals surface area contributed by atoms with Gasteiger partial charge in [0.15, 0.2) is 0 Å². The van der Waals surface area contributed by atoms with E-state index >= 15 is 0 Å². The van der Waals surface area contributed by atoms with Crippen LogP contribution in [0.3, 0.4) is 0 Å². The predicted octanol–water partition coefficient (Wildman–Crippen LogP) is 3.31. The molecule has 2 aliphatic rings. The van der Waals surface area contributed by atoms with Crippen molar-refractivity contribution in [3.8, 4) is 0 Å². The molecule has 2 rings (SSSR count). The van der Waals surface area contributed by atoms with Crippen LogP contribution in [0.15, 0.2) is 0 Å². The first-order valence-electron chi connectivity index (χ1n) is 9.30. The van der Waals surface area contributed by atoms with Crippen molar-refractivity contribution >= 4 is 11.8 Å². The van der Waals surface area contributed by atoms with E-state index in [2.05, 4.69) is 34.6 Å². The Bertz CT molecular complexity index is 439. The van der Waals surface area contributed by atoms with Crippen molar-refractivity contribution in [2.75, 3.05) is 19.6 Å². The lowest BCUT2D eigenvalue weighted by Crippen LogP contribution is -2.52. The summed E-state index contributed by atoms with van der Waals surface area (Å²) in [4.78, 5) is 29.1. The lowest BCUT2D eigenvalue weighted by atomic mass is 9.77. The highest BCUT2D eigenvalue weighted by Gasteiger charge is 2.38. The number of rotatable bonds is 3. The molecule has 2 atom stereocenters. The van der Waals surface area contributed by atoms with Gasteiger partial charge in [-0.2, -0.15) is 0 Å². The first-order valence-corrected chi connectivity index (χ1v) is 9.30. The van der Waals surface area contributed by atoms with Gasteiger partial charge in [-0.3, -0.25) is 9.59 Å². The summed E-state index contributed by atoms with van der Waals surface area (Å²) in [5.41, 5.74) is 0.307. The molecule has 0 aromatic rings. The molecule has 0 aliphatic carbocycles. The summed E-state index contributed by atoms with van der Waals surface area (Å²) in [6.07, 6.45) is 4.84. The van der Waals surface area contributed by atoms with E-state index < -0.39 is 0 Å². The first-order chi connectivity index (χ1) is 10.7. The second-order valence-electron chi connectivity index (χ2n) is 8.70. The van der Waals surface area contributed by atoms with Gasteiger partial charge in [0.05, 0.1) is 0 Å². The molecule has 4 heteroatoms. The fourth-order valence-corrected chi connectivity index (χ4v) is 4.11. The van der Waals surface area contributed by atoms with Crippen molar-refractivity contribution in [3.63, 3.8) is 0 Å². The fraction of sp³-hybridized carbons (Fsp3) is 0.895. The second kappa shape index (κ2) is 7.23. The van der Waals surface area contributed by atoms with E-state index in [1.165, 1.54) is 6.42 Å². The highest BCUT2D eigenvalue weighted by molar-refractivity contribution is 5.88. The summed E-state index contributed by atoms with van der Waals surface area (Å²) in [5.74, 6) is 1.17. The Morgan fingerprint density at radius 2 is 1.78 bits per heavy atom. The normalized spacial score (nSPS) is 25.0. The molecule has 2 fully saturated rings. The molecule has 132 valence electrons. The van der Waals surface area contributed by atoms with Crippen LogP contribution >= 0.6 is 0 Å². The zero-order valence-corrected chi connectivity index (χ0v) is 15.6. The third-order valence-electron chi connectivity index (χ3n) is 5.59. The number of nitrogens with zero attached hydrogens (tertiary/aromatic N) is 2. The highest BCUT2D eigenvalue weighted by atomic mass is 16.2. The van der Waals surface area contributed by atoms with E-state index in [1.54, 1.807) is 0 Å². The van der Waals surface area contributed by atoms with Crippen LogP contribution in [0.1, 0.15) is 66.7 Å². The first kappa shape index (κ1) is 18.3. The highest BCUT2D eigenvalue weighted by Crippen LogP contribution is 2.34. The summed E-state index contributed by atoms with van der Waals surface area (Å²) in [6, 6.07) is -0.267. The van der Waals surface area contributed by atoms with Gasteiger partial charge in [0.25, 0.3) is 0 Å². The van der Waals surface area contributed by atoms with Crippen LogP contribution in [0.4, 0.5) is 0 Å². The largest absolute Gasteiger partial charge is 0.341 e. The number of amides is 2. The van der Waals surface area contributed by atoms with Crippen LogP contribution in [0.5, 0.6) is 0 Å². The van der Waals surface area contributed by atoms with Crippen molar-refractivity contribution in [1.82, 2.24) is 9.80 Å². The quantitative estimate of drug-likeness (QED) is 0.800. The van der Waals surface area contributed by atoms with Gasteiger partial charge in [0.2, 0.25) is 11.8 Å². The van der Waals surface area contributed by atoms with Crippen LogP contribution in [0.25, 0.3) is 0 Å². The Morgan fingerprint density at radius 1 is 1.09 bits per heavy atom. The number of carbonyl (C=O) groups is 2. The summed E-state index contributed by atoms with van der Waals surface area (Å²) in [6.45, 7) is 13.4. The minimum atomic E-state index is -0.267. The van der Waals surface area contributed by atoms with E-state index in [-0.39, 0.29) is 23.8 Å². The Morgan fingerprint density at radius 3 is 2.30 bits per heavy atom. The maximum Gasteiger partial charge on any atom is 0.245 e. The third-order valence-corrected chi connectivity index (χ3v) is 5.59. The molecule has 2 saturated heterocycles. The minimum absolute atomic E-state index is 0.152. The van der Waals surface area contributed by atoms with Crippen molar-refractivity contribution in [1.29, 1.82) is 0 Å². The Labute approximate surface area is 141 Å². The molecule has 0 bridgehead atoms. The zero-order valence-electron chi connectivity index (χ0n) is 15.6. The number of hydrogen-bond donors (Lipinski definition) is 0. The van der Waals surface area contributed by atoms with Crippen molar-refractivity contribution < 1.29 is 9.59 Å². The van der Waals surface area contributed by atoms with Gasteiger partial charge in [-0.05, 0) is 42.9 Å². The Kier molecular flexibility index (Phi) is 5.74. The van der Waals surface area contributed by atoms with Crippen LogP contribution < -0.4 is 0 Å².